The van der Waals surface area contributed by atoms with Gasteiger partial charge in [-0.3, -0.25) is 14.4 Å². The Morgan fingerprint density at radius 3 is 0.938 bits per heavy atom. The quantitative estimate of drug-likeness (QED) is 0.0262. The molecule has 0 saturated heterocycles. The zero-order valence-electron chi connectivity index (χ0n) is 42.7. The molecule has 0 heterocycles. The number of rotatable bonds is 49. The fourth-order valence-electron chi connectivity index (χ4n) is 7.58. The molecule has 0 amide bonds. The Bertz CT molecular complexity index is 1230. The van der Waals surface area contributed by atoms with Crippen LogP contribution in [0.5, 0.6) is 0 Å². The summed E-state index contributed by atoms with van der Waals surface area (Å²) in [5, 5.41) is 0. The lowest BCUT2D eigenvalue weighted by Gasteiger charge is -2.18. The van der Waals surface area contributed by atoms with E-state index in [0.29, 0.717) is 19.3 Å². The molecule has 6 heteroatoms. The monoisotopic (exact) mass is 907 g/mol. The minimum absolute atomic E-state index is 0.0802. The molecule has 0 N–H and O–H groups in total. The zero-order chi connectivity index (χ0) is 47.2. The number of hydrogen-bond donors (Lipinski definition) is 0. The highest BCUT2D eigenvalue weighted by atomic mass is 16.6. The summed E-state index contributed by atoms with van der Waals surface area (Å²) in [7, 11) is 0. The van der Waals surface area contributed by atoms with Crippen molar-refractivity contribution in [2.45, 2.75) is 271 Å². The Morgan fingerprint density at radius 2 is 0.600 bits per heavy atom. The summed E-state index contributed by atoms with van der Waals surface area (Å²) in [6, 6.07) is 0. The fourth-order valence-corrected chi connectivity index (χ4v) is 7.58. The van der Waals surface area contributed by atoms with E-state index in [2.05, 4.69) is 93.7 Å². The van der Waals surface area contributed by atoms with E-state index in [4.69, 9.17) is 14.2 Å². The van der Waals surface area contributed by atoms with Gasteiger partial charge in [0.15, 0.2) is 6.10 Å². The molecule has 0 fully saturated rings. The van der Waals surface area contributed by atoms with Crippen LogP contribution in [0.4, 0.5) is 0 Å². The van der Waals surface area contributed by atoms with E-state index in [1.165, 1.54) is 122 Å². The molecule has 1 atom stereocenters. The lowest BCUT2D eigenvalue weighted by Crippen LogP contribution is -2.30. The maximum absolute atomic E-state index is 12.8. The minimum Gasteiger partial charge on any atom is -0.462 e. The molecule has 0 aromatic carbocycles. The summed E-state index contributed by atoms with van der Waals surface area (Å²) in [6.45, 7) is 6.43. The number of esters is 3. The lowest BCUT2D eigenvalue weighted by molar-refractivity contribution is -0.167. The Hall–Kier alpha value is -3.15. The van der Waals surface area contributed by atoms with E-state index < -0.39 is 6.10 Å². The van der Waals surface area contributed by atoms with Crippen LogP contribution >= 0.6 is 0 Å². The Balaban J connectivity index is 4.15. The normalized spacial score (nSPS) is 12.6. The lowest BCUT2D eigenvalue weighted by atomic mass is 10.1. The Labute approximate surface area is 402 Å². The number of allylic oxidation sites excluding steroid dienone is 12. The number of hydrogen-bond acceptors (Lipinski definition) is 6. The number of carbonyl (C=O) groups excluding carboxylic acids is 3. The third-order valence-electron chi connectivity index (χ3n) is 11.7. The van der Waals surface area contributed by atoms with Crippen LogP contribution in [-0.4, -0.2) is 37.2 Å². The first kappa shape index (κ1) is 61.9. The van der Waals surface area contributed by atoms with E-state index in [0.717, 1.165) is 103 Å². The second-order valence-corrected chi connectivity index (χ2v) is 18.1. The Kier molecular flexibility index (Phi) is 50.9. The topological polar surface area (TPSA) is 78.9 Å². The van der Waals surface area contributed by atoms with Gasteiger partial charge in [-0.05, 0) is 89.9 Å². The fraction of sp³-hybridized carbons (Fsp3) is 0.746. The van der Waals surface area contributed by atoms with Crippen molar-refractivity contribution in [1.82, 2.24) is 0 Å². The van der Waals surface area contributed by atoms with Crippen LogP contribution < -0.4 is 0 Å². The largest absolute Gasteiger partial charge is 0.462 e. The summed E-state index contributed by atoms with van der Waals surface area (Å²) in [6.07, 6.45) is 67.8. The molecule has 0 rings (SSSR count). The highest BCUT2D eigenvalue weighted by Crippen LogP contribution is 2.15. The van der Waals surface area contributed by atoms with E-state index >= 15 is 0 Å². The van der Waals surface area contributed by atoms with Gasteiger partial charge in [-0.2, -0.15) is 0 Å². The van der Waals surface area contributed by atoms with Crippen molar-refractivity contribution in [2.75, 3.05) is 13.2 Å². The number of ether oxygens (including phenoxy) is 3. The smallest absolute Gasteiger partial charge is 0.306 e. The van der Waals surface area contributed by atoms with E-state index in [1.54, 1.807) is 0 Å². The van der Waals surface area contributed by atoms with Crippen molar-refractivity contribution in [2.24, 2.45) is 0 Å². The summed E-state index contributed by atoms with van der Waals surface area (Å²) < 4.78 is 16.7. The van der Waals surface area contributed by atoms with Crippen LogP contribution in [0, 0.1) is 0 Å². The van der Waals surface area contributed by atoms with Gasteiger partial charge < -0.3 is 14.2 Å². The summed E-state index contributed by atoms with van der Waals surface area (Å²) >= 11 is 0. The van der Waals surface area contributed by atoms with Crippen LogP contribution in [0.3, 0.4) is 0 Å². The van der Waals surface area contributed by atoms with Gasteiger partial charge >= 0.3 is 17.9 Å². The summed E-state index contributed by atoms with van der Waals surface area (Å²) in [5.74, 6) is -0.902. The first-order valence-corrected chi connectivity index (χ1v) is 27.4. The van der Waals surface area contributed by atoms with E-state index in [-0.39, 0.29) is 31.1 Å². The van der Waals surface area contributed by atoms with Gasteiger partial charge in [0.25, 0.3) is 0 Å². The van der Waals surface area contributed by atoms with Gasteiger partial charge in [0.2, 0.25) is 0 Å². The van der Waals surface area contributed by atoms with Crippen LogP contribution in [0.15, 0.2) is 72.9 Å². The van der Waals surface area contributed by atoms with Crippen molar-refractivity contribution in [3.05, 3.63) is 72.9 Å². The predicted octanol–water partition coefficient (Wildman–Crippen LogP) is 18.2. The molecule has 0 bridgehead atoms. The molecule has 6 nitrogen and oxygen atoms in total. The van der Waals surface area contributed by atoms with Gasteiger partial charge in [-0.25, -0.2) is 0 Å². The maximum Gasteiger partial charge on any atom is 0.306 e. The third-order valence-corrected chi connectivity index (χ3v) is 11.7. The summed E-state index contributed by atoms with van der Waals surface area (Å²) in [5.41, 5.74) is 0. The zero-order valence-corrected chi connectivity index (χ0v) is 42.7. The molecule has 0 aliphatic heterocycles. The van der Waals surface area contributed by atoms with Gasteiger partial charge in [0, 0.05) is 19.3 Å². The average Bonchev–Trinajstić information content (AvgIpc) is 3.30. The SMILES string of the molecule is CC/C=C\C/C=C\C/C=C\C/C=C\CCCCCCCCCCC(=O)OCC(COC(=O)CCCCCCC)OC(=O)CCCCCCCCCCC/C=C\C/C=C\CCCCCCC. The molecule has 65 heavy (non-hydrogen) atoms. The van der Waals surface area contributed by atoms with Crippen molar-refractivity contribution >= 4 is 17.9 Å². The molecule has 0 aromatic rings. The second-order valence-electron chi connectivity index (χ2n) is 18.1. The molecule has 0 aromatic heterocycles. The number of unbranched alkanes of at least 4 members (excludes halogenated alkanes) is 26. The molecular formula is C59H102O6. The molecule has 0 aliphatic carbocycles. The van der Waals surface area contributed by atoms with Gasteiger partial charge in [-0.1, -0.05) is 229 Å². The van der Waals surface area contributed by atoms with Gasteiger partial charge in [0.1, 0.15) is 13.2 Å². The minimum atomic E-state index is -0.777. The van der Waals surface area contributed by atoms with Crippen LogP contribution in [-0.2, 0) is 28.6 Å². The average molecular weight is 907 g/mol. The number of carbonyl (C=O) groups is 3. The molecule has 0 aliphatic rings. The van der Waals surface area contributed by atoms with Gasteiger partial charge in [-0.15, -0.1) is 0 Å². The van der Waals surface area contributed by atoms with Crippen LogP contribution in [0.1, 0.15) is 265 Å². The molecule has 0 spiro atoms. The highest BCUT2D eigenvalue weighted by molar-refractivity contribution is 5.71. The standard InChI is InChI=1S/C59H102O6/c1-4-7-10-13-15-17-19-21-23-25-27-29-31-33-35-37-39-41-43-46-49-52-58(61)64-55-56(54-63-57(60)51-48-45-12-9-6-3)65-59(62)53-50-47-44-42-40-38-36-34-32-30-28-26-24-22-20-18-16-14-11-8-5-2/h7,10,15,17,20-23,26-29,56H,4-6,8-9,11-14,16,18-19,24-25,30-55H2,1-3H3/b10-7-,17-15-,22-20-,23-21-,28-26-,29-27-. The maximum atomic E-state index is 12.8. The molecule has 0 radical (unpaired) electrons. The van der Waals surface area contributed by atoms with E-state index in [9.17, 15) is 14.4 Å². The van der Waals surface area contributed by atoms with E-state index in [1.807, 2.05) is 0 Å². The van der Waals surface area contributed by atoms with Crippen molar-refractivity contribution < 1.29 is 28.6 Å². The first-order valence-electron chi connectivity index (χ1n) is 27.4. The van der Waals surface area contributed by atoms with Crippen molar-refractivity contribution in [3.8, 4) is 0 Å². The summed E-state index contributed by atoms with van der Waals surface area (Å²) in [4.78, 5) is 37.8. The predicted molar refractivity (Wildman–Crippen MR) is 279 cm³/mol. The van der Waals surface area contributed by atoms with Crippen molar-refractivity contribution in [1.29, 1.82) is 0 Å². The third kappa shape index (κ3) is 51.7. The Morgan fingerprint density at radius 1 is 0.323 bits per heavy atom. The van der Waals surface area contributed by atoms with Gasteiger partial charge in [0.05, 0.1) is 0 Å². The van der Waals surface area contributed by atoms with Crippen LogP contribution in [0.2, 0.25) is 0 Å². The molecular weight excluding hydrogens is 805 g/mol. The second kappa shape index (κ2) is 53.5. The van der Waals surface area contributed by atoms with Crippen LogP contribution in [0.25, 0.3) is 0 Å². The van der Waals surface area contributed by atoms with Crippen molar-refractivity contribution in [3.63, 3.8) is 0 Å². The molecule has 0 saturated carbocycles. The molecule has 374 valence electrons. The molecule has 1 unspecified atom stereocenters. The first-order chi connectivity index (χ1) is 32.0. The highest BCUT2D eigenvalue weighted by Gasteiger charge is 2.19.